The predicted molar refractivity (Wildman–Crippen MR) is 169 cm³/mol. The van der Waals surface area contributed by atoms with E-state index >= 15 is 0 Å². The summed E-state index contributed by atoms with van der Waals surface area (Å²) in [6, 6.07) is 50.8. The van der Waals surface area contributed by atoms with Crippen molar-refractivity contribution in [3.05, 3.63) is 151 Å². The van der Waals surface area contributed by atoms with E-state index in [4.69, 9.17) is 0 Å². The monoisotopic (exact) mass is 512 g/mol. The quantitative estimate of drug-likeness (QED) is 0.228. The van der Waals surface area contributed by atoms with Gasteiger partial charge in [0.2, 0.25) is 0 Å². The number of hydrogen-bond donors (Lipinski definition) is 0. The topological polar surface area (TPSA) is 8.17 Å². The molecule has 7 aromatic rings. The van der Waals surface area contributed by atoms with E-state index in [0.29, 0.717) is 0 Å². The van der Waals surface area contributed by atoms with Crippen LogP contribution in [0.25, 0.3) is 49.7 Å². The van der Waals surface area contributed by atoms with Crippen molar-refractivity contribution in [2.75, 3.05) is 11.9 Å². The van der Waals surface area contributed by atoms with Gasteiger partial charge in [-0.2, -0.15) is 0 Å². The summed E-state index contributed by atoms with van der Waals surface area (Å²) in [6.07, 6.45) is 1.03. The molecule has 1 aliphatic rings. The fourth-order valence-electron chi connectivity index (χ4n) is 6.36. The first-order valence-electron chi connectivity index (χ1n) is 13.9. The van der Waals surface area contributed by atoms with Crippen LogP contribution in [0, 0.1) is 0 Å². The normalized spacial score (nSPS) is 12.0. The Bertz CT molecular complexity index is 1970. The minimum Gasteiger partial charge on any atom is -0.345 e. The van der Waals surface area contributed by atoms with Crippen LogP contribution in [0.1, 0.15) is 11.1 Å². The van der Waals surface area contributed by atoms with Crippen LogP contribution >= 0.6 is 0 Å². The van der Waals surface area contributed by atoms with Crippen LogP contribution in [0.2, 0.25) is 0 Å². The van der Waals surface area contributed by atoms with Crippen molar-refractivity contribution in [1.82, 2.24) is 4.57 Å². The van der Waals surface area contributed by atoms with Gasteiger partial charge in [-0.15, -0.1) is 0 Å². The van der Waals surface area contributed by atoms with Crippen molar-refractivity contribution >= 4 is 33.2 Å². The van der Waals surface area contributed by atoms with Gasteiger partial charge >= 0.3 is 0 Å². The summed E-state index contributed by atoms with van der Waals surface area (Å²) in [5, 5.41) is 2.57. The summed E-state index contributed by atoms with van der Waals surface area (Å²) in [5.74, 6) is 0. The Morgan fingerprint density at radius 1 is 0.500 bits per heavy atom. The second-order valence-corrected chi connectivity index (χ2v) is 10.7. The number of nitrogens with zero attached hydrogens (tertiary/aromatic N) is 2. The number of rotatable bonds is 4. The molecule has 8 rings (SSSR count). The van der Waals surface area contributed by atoms with E-state index in [-0.39, 0.29) is 0 Å². The summed E-state index contributed by atoms with van der Waals surface area (Å²) >= 11 is 0. The molecule has 0 saturated heterocycles. The fraction of sp³-hybridized carbons (Fsp3) is 0.0526. The lowest BCUT2D eigenvalue weighted by molar-refractivity contribution is 1.16. The highest BCUT2D eigenvalue weighted by Crippen LogP contribution is 2.39. The van der Waals surface area contributed by atoms with Gasteiger partial charge in [-0.25, -0.2) is 0 Å². The zero-order valence-corrected chi connectivity index (χ0v) is 22.4. The van der Waals surface area contributed by atoms with E-state index in [2.05, 4.69) is 156 Å². The second-order valence-electron chi connectivity index (χ2n) is 10.7. The molecule has 190 valence electrons. The molecule has 2 nitrogen and oxygen atoms in total. The van der Waals surface area contributed by atoms with E-state index < -0.39 is 0 Å². The van der Waals surface area contributed by atoms with Gasteiger partial charge in [0.15, 0.2) is 0 Å². The van der Waals surface area contributed by atoms with Gasteiger partial charge in [-0.1, -0.05) is 84.9 Å². The van der Waals surface area contributed by atoms with Crippen LogP contribution in [0.4, 0.5) is 11.4 Å². The molecule has 0 spiro atoms. The van der Waals surface area contributed by atoms with Crippen LogP contribution in [0.3, 0.4) is 0 Å². The standard InChI is InChI=1S/C38H28N2/c1-39(30-18-16-26(17-19-30)27-14-15-29-24-28-8-2-3-9-33(28)36(29)25-27)31-20-22-32(23-21-31)40-37-12-6-4-10-34(37)35-11-5-7-13-38(35)40/h2-23,25H,24H2,1H3. The molecule has 1 aromatic heterocycles. The summed E-state index contributed by atoms with van der Waals surface area (Å²) in [7, 11) is 2.14. The van der Waals surface area contributed by atoms with Crippen molar-refractivity contribution in [2.24, 2.45) is 0 Å². The molecule has 0 fully saturated rings. The zero-order chi connectivity index (χ0) is 26.6. The molecule has 6 aromatic carbocycles. The molecular weight excluding hydrogens is 484 g/mol. The Balaban J connectivity index is 1.08. The smallest absolute Gasteiger partial charge is 0.0541 e. The minimum atomic E-state index is 1.03. The van der Waals surface area contributed by atoms with Crippen LogP contribution in [0.5, 0.6) is 0 Å². The SMILES string of the molecule is CN(c1ccc(-c2ccc3c(c2)-c2ccccc2C3)cc1)c1ccc(-n2c3ccccc3c3ccccc32)cc1. The van der Waals surface area contributed by atoms with Crippen molar-refractivity contribution in [2.45, 2.75) is 6.42 Å². The van der Waals surface area contributed by atoms with Crippen LogP contribution < -0.4 is 4.90 Å². The molecule has 0 atom stereocenters. The van der Waals surface area contributed by atoms with Gasteiger partial charge < -0.3 is 9.47 Å². The van der Waals surface area contributed by atoms with E-state index in [1.54, 1.807) is 0 Å². The van der Waals surface area contributed by atoms with E-state index in [9.17, 15) is 0 Å². The maximum absolute atomic E-state index is 2.36. The molecule has 0 radical (unpaired) electrons. The second kappa shape index (κ2) is 9.00. The Morgan fingerprint density at radius 3 is 1.75 bits per heavy atom. The lowest BCUT2D eigenvalue weighted by Gasteiger charge is -2.20. The molecule has 1 heterocycles. The number of para-hydroxylation sites is 2. The molecule has 0 saturated carbocycles. The van der Waals surface area contributed by atoms with Gasteiger partial charge in [0.1, 0.15) is 0 Å². The summed E-state index contributed by atoms with van der Waals surface area (Å²) in [6.45, 7) is 0. The number of benzene rings is 6. The first-order valence-corrected chi connectivity index (χ1v) is 13.9. The Hall–Kier alpha value is -5.08. The number of fused-ring (bicyclic) bond motifs is 6. The van der Waals surface area contributed by atoms with E-state index in [0.717, 1.165) is 12.1 Å². The molecule has 0 amide bonds. The highest BCUT2D eigenvalue weighted by Gasteiger charge is 2.18. The van der Waals surface area contributed by atoms with Gasteiger partial charge in [-0.3, -0.25) is 0 Å². The van der Waals surface area contributed by atoms with Gasteiger partial charge in [0, 0.05) is 34.9 Å². The van der Waals surface area contributed by atoms with Crippen LogP contribution in [-0.4, -0.2) is 11.6 Å². The predicted octanol–water partition coefficient (Wildman–Crippen LogP) is 9.79. The number of hydrogen-bond acceptors (Lipinski definition) is 1. The largest absolute Gasteiger partial charge is 0.345 e. The lowest BCUT2D eigenvalue weighted by Crippen LogP contribution is -2.09. The number of anilines is 2. The van der Waals surface area contributed by atoms with Crippen molar-refractivity contribution in [3.63, 3.8) is 0 Å². The highest BCUT2D eigenvalue weighted by molar-refractivity contribution is 6.09. The maximum Gasteiger partial charge on any atom is 0.0541 e. The van der Waals surface area contributed by atoms with E-state index in [1.165, 1.54) is 66.6 Å². The fourth-order valence-corrected chi connectivity index (χ4v) is 6.36. The average molecular weight is 513 g/mol. The number of aromatic nitrogens is 1. The zero-order valence-electron chi connectivity index (χ0n) is 22.4. The van der Waals surface area contributed by atoms with Gasteiger partial charge in [0.25, 0.3) is 0 Å². The molecule has 0 bridgehead atoms. The maximum atomic E-state index is 2.36. The first-order chi connectivity index (χ1) is 19.7. The summed E-state index contributed by atoms with van der Waals surface area (Å²) < 4.78 is 2.36. The van der Waals surface area contributed by atoms with Crippen molar-refractivity contribution < 1.29 is 0 Å². The summed E-state index contributed by atoms with van der Waals surface area (Å²) in [5.41, 5.74) is 14.1. The molecule has 1 aliphatic carbocycles. The molecule has 0 unspecified atom stereocenters. The molecule has 2 heteroatoms. The van der Waals surface area contributed by atoms with Gasteiger partial charge in [0.05, 0.1) is 11.0 Å². The molecular formula is C38H28N2. The third-order valence-corrected chi connectivity index (χ3v) is 8.46. The van der Waals surface area contributed by atoms with E-state index in [1.807, 2.05) is 0 Å². The average Bonchev–Trinajstić information content (AvgIpc) is 3.56. The van der Waals surface area contributed by atoms with Crippen molar-refractivity contribution in [3.8, 4) is 27.9 Å². The Kier molecular flexibility index (Phi) is 5.14. The van der Waals surface area contributed by atoms with Crippen LogP contribution in [0.15, 0.2) is 140 Å². The first kappa shape index (κ1) is 22.9. The third kappa shape index (κ3) is 3.57. The van der Waals surface area contributed by atoms with Crippen LogP contribution in [-0.2, 0) is 6.42 Å². The van der Waals surface area contributed by atoms with Gasteiger partial charge in [-0.05, 0) is 94.4 Å². The lowest BCUT2D eigenvalue weighted by atomic mass is 9.98. The molecule has 0 N–H and O–H groups in total. The third-order valence-electron chi connectivity index (χ3n) is 8.46. The molecule has 40 heavy (non-hydrogen) atoms. The summed E-state index contributed by atoms with van der Waals surface area (Å²) in [4.78, 5) is 2.25. The highest BCUT2D eigenvalue weighted by atomic mass is 15.1. The Labute approximate surface area is 234 Å². The van der Waals surface area contributed by atoms with Crippen molar-refractivity contribution in [1.29, 1.82) is 0 Å². The molecule has 0 aliphatic heterocycles. The Morgan fingerprint density at radius 2 is 1.05 bits per heavy atom. The minimum absolute atomic E-state index is 1.03.